The van der Waals surface area contributed by atoms with E-state index in [0.29, 0.717) is 31.5 Å². The molecule has 1 aromatic carbocycles. The molecule has 0 spiro atoms. The smallest absolute Gasteiger partial charge is 0.226 e. The van der Waals surface area contributed by atoms with Gasteiger partial charge >= 0.3 is 0 Å². The summed E-state index contributed by atoms with van der Waals surface area (Å²) in [7, 11) is 0. The number of fused-ring (bicyclic) bond motifs is 3. The molecule has 2 aliphatic heterocycles. The van der Waals surface area contributed by atoms with Crippen LogP contribution in [-0.2, 0) is 10.4 Å². The van der Waals surface area contributed by atoms with Crippen LogP contribution < -0.4 is 4.90 Å². The predicted octanol–water partition coefficient (Wildman–Crippen LogP) is 2.98. The summed E-state index contributed by atoms with van der Waals surface area (Å²) in [5, 5.41) is 22.3. The first-order chi connectivity index (χ1) is 16.1. The molecular weight excluding hydrogens is 414 g/mol. The molecule has 33 heavy (non-hydrogen) atoms. The second-order valence-corrected chi connectivity index (χ2v) is 9.59. The van der Waals surface area contributed by atoms with E-state index < -0.39 is 5.60 Å². The van der Waals surface area contributed by atoms with Crippen molar-refractivity contribution in [2.24, 2.45) is 5.92 Å². The number of amides is 1. The van der Waals surface area contributed by atoms with E-state index in [0.717, 1.165) is 35.0 Å². The Morgan fingerprint density at radius 1 is 1.09 bits per heavy atom. The molecule has 7 heteroatoms. The highest BCUT2D eigenvalue weighted by molar-refractivity contribution is 5.87. The number of anilines is 1. The topological polar surface area (TPSA) is 93.4 Å². The summed E-state index contributed by atoms with van der Waals surface area (Å²) < 4.78 is 0. The number of hydrogen-bond donors (Lipinski definition) is 1. The average Bonchev–Trinajstić information content (AvgIpc) is 3.10. The van der Waals surface area contributed by atoms with Crippen molar-refractivity contribution in [3.63, 3.8) is 0 Å². The lowest BCUT2D eigenvalue weighted by atomic mass is 9.66. The predicted molar refractivity (Wildman–Crippen MR) is 123 cm³/mol. The fourth-order valence-corrected chi connectivity index (χ4v) is 6.00. The first-order valence-corrected chi connectivity index (χ1v) is 11.5. The summed E-state index contributed by atoms with van der Waals surface area (Å²) in [5.41, 5.74) is 0.483. The lowest BCUT2D eigenvalue weighted by Crippen LogP contribution is -2.59. The van der Waals surface area contributed by atoms with Gasteiger partial charge in [0.2, 0.25) is 5.91 Å². The molecule has 1 saturated carbocycles. The largest absolute Gasteiger partial charge is 0.385 e. The van der Waals surface area contributed by atoms with Crippen molar-refractivity contribution < 1.29 is 9.90 Å². The number of carbonyl (C=O) groups is 1. The first kappa shape index (κ1) is 20.1. The zero-order chi connectivity index (χ0) is 22.6. The second-order valence-electron chi connectivity index (χ2n) is 9.59. The van der Waals surface area contributed by atoms with Crippen LogP contribution in [0.5, 0.6) is 0 Å². The van der Waals surface area contributed by atoms with Gasteiger partial charge in [-0.05, 0) is 54.8 Å². The summed E-state index contributed by atoms with van der Waals surface area (Å²) >= 11 is 0. The Morgan fingerprint density at radius 3 is 2.58 bits per heavy atom. The third-order valence-electron chi connectivity index (χ3n) is 7.63. The van der Waals surface area contributed by atoms with Crippen molar-refractivity contribution in [3.05, 3.63) is 66.1 Å². The molecule has 166 valence electrons. The van der Waals surface area contributed by atoms with Crippen LogP contribution in [-0.4, -0.2) is 51.1 Å². The van der Waals surface area contributed by atoms with Crippen LogP contribution in [0.3, 0.4) is 0 Å². The lowest BCUT2D eigenvalue weighted by Gasteiger charge is -2.48. The number of hydrogen-bond acceptors (Lipinski definition) is 6. The van der Waals surface area contributed by atoms with Crippen LogP contribution in [0.25, 0.3) is 10.8 Å². The van der Waals surface area contributed by atoms with Gasteiger partial charge < -0.3 is 14.9 Å². The molecule has 7 nitrogen and oxygen atoms in total. The van der Waals surface area contributed by atoms with E-state index in [-0.39, 0.29) is 23.9 Å². The summed E-state index contributed by atoms with van der Waals surface area (Å²) in [5.74, 6) is 0.897. The fraction of sp³-hybridized carbons (Fsp3) is 0.385. The minimum atomic E-state index is -0.964. The number of benzene rings is 1. The lowest BCUT2D eigenvalue weighted by molar-refractivity contribution is -0.154. The van der Waals surface area contributed by atoms with Crippen molar-refractivity contribution in [3.8, 4) is 6.07 Å². The zero-order valence-electron chi connectivity index (χ0n) is 18.3. The quantitative estimate of drug-likeness (QED) is 0.674. The van der Waals surface area contributed by atoms with Crippen molar-refractivity contribution in [2.45, 2.75) is 43.4 Å². The van der Waals surface area contributed by atoms with E-state index in [1.54, 1.807) is 18.5 Å². The minimum Gasteiger partial charge on any atom is -0.385 e. The van der Waals surface area contributed by atoms with Gasteiger partial charge in [-0.3, -0.25) is 9.78 Å². The van der Waals surface area contributed by atoms with Crippen molar-refractivity contribution >= 4 is 22.5 Å². The molecule has 2 atom stereocenters. The van der Waals surface area contributed by atoms with Gasteiger partial charge in [0.15, 0.2) is 0 Å². The van der Waals surface area contributed by atoms with Gasteiger partial charge in [0, 0.05) is 55.1 Å². The van der Waals surface area contributed by atoms with Gasteiger partial charge in [-0.15, -0.1) is 0 Å². The normalized spacial score (nSPS) is 28.4. The van der Waals surface area contributed by atoms with Gasteiger partial charge in [0.1, 0.15) is 11.9 Å². The number of piperazine rings is 1. The van der Waals surface area contributed by atoms with Gasteiger partial charge in [0.25, 0.3) is 0 Å². The summed E-state index contributed by atoms with van der Waals surface area (Å²) in [6.45, 7) is 1.37. The minimum absolute atomic E-state index is 0.147. The third kappa shape index (κ3) is 3.25. The Morgan fingerprint density at radius 2 is 1.88 bits per heavy atom. The van der Waals surface area contributed by atoms with Crippen molar-refractivity contribution in [2.75, 3.05) is 18.0 Å². The maximum Gasteiger partial charge on any atom is 0.226 e. The summed E-state index contributed by atoms with van der Waals surface area (Å²) in [6, 6.07) is 14.2. The van der Waals surface area contributed by atoms with Gasteiger partial charge in [-0.2, -0.15) is 5.26 Å². The van der Waals surface area contributed by atoms with E-state index in [9.17, 15) is 9.90 Å². The summed E-state index contributed by atoms with van der Waals surface area (Å²) in [4.78, 5) is 26.3. The molecule has 1 unspecified atom stereocenters. The number of aromatic nitrogens is 2. The molecule has 1 N–H and O–H groups in total. The number of nitrogens with zero attached hydrogens (tertiary/aromatic N) is 5. The van der Waals surface area contributed by atoms with Crippen molar-refractivity contribution in [1.29, 1.82) is 5.26 Å². The van der Waals surface area contributed by atoms with E-state index in [1.807, 2.05) is 41.4 Å². The standard InChI is InChI=1S/C26H25N5O2/c27-12-17-4-7-24(29-13-17)31-20-5-6-21(31)16-30(15-20)25(32)19-10-26(33,11-19)23-3-1-2-18-14-28-9-8-22(18)23/h1-4,7-9,13-14,19-21,33H,5-6,10-11,15-16H2/t19?,20-,21?,26?/m0/s1. The van der Waals surface area contributed by atoms with Crippen molar-refractivity contribution in [1.82, 2.24) is 14.9 Å². The molecule has 3 aromatic rings. The molecule has 6 rings (SSSR count). The maximum absolute atomic E-state index is 13.3. The van der Waals surface area contributed by atoms with Crippen LogP contribution >= 0.6 is 0 Å². The van der Waals surface area contributed by atoms with Crippen LogP contribution in [0.4, 0.5) is 5.82 Å². The number of carbonyl (C=O) groups excluding carboxylic acids is 1. The average molecular weight is 440 g/mol. The Balaban J connectivity index is 1.15. The third-order valence-corrected chi connectivity index (χ3v) is 7.63. The molecule has 0 radical (unpaired) electrons. The second kappa shape index (κ2) is 7.53. The Hall–Kier alpha value is -3.50. The van der Waals surface area contributed by atoms with Crippen LogP contribution in [0.15, 0.2) is 55.0 Å². The number of likely N-dealkylation sites (tertiary alicyclic amines) is 1. The molecule has 1 aliphatic carbocycles. The maximum atomic E-state index is 13.3. The highest BCUT2D eigenvalue weighted by Gasteiger charge is 2.51. The fourth-order valence-electron chi connectivity index (χ4n) is 6.00. The highest BCUT2D eigenvalue weighted by Crippen LogP contribution is 2.48. The molecule has 2 bridgehead atoms. The molecule has 1 amide bonds. The van der Waals surface area contributed by atoms with Gasteiger partial charge in [0.05, 0.1) is 11.2 Å². The zero-order valence-corrected chi connectivity index (χ0v) is 18.3. The SMILES string of the molecule is N#Cc1ccc(N2C3CC[C@H]2CN(C(=O)C2CC(O)(c4cccc5cnccc45)C2)C3)nc1. The van der Waals surface area contributed by atoms with E-state index in [1.165, 1.54) is 0 Å². The molecule has 2 saturated heterocycles. The van der Waals surface area contributed by atoms with E-state index in [2.05, 4.69) is 20.9 Å². The van der Waals surface area contributed by atoms with Gasteiger partial charge in [-0.25, -0.2) is 4.98 Å². The van der Waals surface area contributed by atoms with E-state index in [4.69, 9.17) is 5.26 Å². The van der Waals surface area contributed by atoms with Crippen LogP contribution in [0, 0.1) is 17.2 Å². The van der Waals surface area contributed by atoms with Crippen LogP contribution in [0.1, 0.15) is 36.8 Å². The van der Waals surface area contributed by atoms with Gasteiger partial charge in [-0.1, -0.05) is 18.2 Å². The molecule has 3 aliphatic rings. The Bertz CT molecular complexity index is 1240. The first-order valence-electron chi connectivity index (χ1n) is 11.5. The monoisotopic (exact) mass is 439 g/mol. The molecule has 2 aromatic heterocycles. The van der Waals surface area contributed by atoms with E-state index >= 15 is 0 Å². The molecule has 4 heterocycles. The number of nitriles is 1. The Kier molecular flexibility index (Phi) is 4.59. The molecular formula is C26H25N5O2. The number of rotatable bonds is 3. The Labute approximate surface area is 192 Å². The number of aliphatic hydroxyl groups is 1. The summed E-state index contributed by atoms with van der Waals surface area (Å²) in [6.07, 6.45) is 8.16. The number of pyridine rings is 2. The molecule has 3 fully saturated rings. The van der Waals surface area contributed by atoms with Crippen LogP contribution in [0.2, 0.25) is 0 Å². The highest BCUT2D eigenvalue weighted by atomic mass is 16.3.